The molecule has 82 valence electrons. The van der Waals surface area contributed by atoms with E-state index in [1.807, 2.05) is 6.92 Å². The standard InChI is InChI=1S/C8H16N2O4/c1-6-9-7(4-13-11-2)8(10-6)5-14-12-3/h7-8H,4-5H2,1-3H3,(H,9,10). The highest BCUT2D eigenvalue weighted by Crippen LogP contribution is 2.08. The maximum Gasteiger partial charge on any atom is 0.107 e. The van der Waals surface area contributed by atoms with E-state index >= 15 is 0 Å². The lowest BCUT2D eigenvalue weighted by Gasteiger charge is -2.16. The van der Waals surface area contributed by atoms with Gasteiger partial charge in [-0.3, -0.25) is 4.99 Å². The van der Waals surface area contributed by atoms with Crippen LogP contribution in [0.4, 0.5) is 0 Å². The molecule has 0 saturated heterocycles. The van der Waals surface area contributed by atoms with Gasteiger partial charge in [0.2, 0.25) is 0 Å². The normalized spacial score (nSPS) is 26.1. The second-order valence-corrected chi connectivity index (χ2v) is 2.94. The number of nitrogens with one attached hydrogen (secondary N) is 1. The molecule has 0 fully saturated rings. The van der Waals surface area contributed by atoms with Gasteiger partial charge in [0, 0.05) is 0 Å². The number of nitrogens with zero attached hydrogens (tertiary/aromatic N) is 1. The van der Waals surface area contributed by atoms with Crippen molar-refractivity contribution in [2.75, 3.05) is 27.4 Å². The van der Waals surface area contributed by atoms with E-state index in [4.69, 9.17) is 9.78 Å². The monoisotopic (exact) mass is 204 g/mol. The molecule has 0 bridgehead atoms. The molecule has 0 saturated carbocycles. The highest BCUT2D eigenvalue weighted by Gasteiger charge is 2.27. The minimum absolute atomic E-state index is 0.00472. The average molecular weight is 204 g/mol. The fourth-order valence-electron chi connectivity index (χ4n) is 1.33. The third-order valence-electron chi connectivity index (χ3n) is 1.94. The van der Waals surface area contributed by atoms with Crippen LogP contribution >= 0.6 is 0 Å². The molecular weight excluding hydrogens is 188 g/mol. The maximum absolute atomic E-state index is 4.84. The molecule has 6 nitrogen and oxygen atoms in total. The SMILES string of the molecule is COOCC1N=C(C)NC1COOC. The van der Waals surface area contributed by atoms with Crippen molar-refractivity contribution in [2.45, 2.75) is 19.0 Å². The smallest absolute Gasteiger partial charge is 0.107 e. The topological polar surface area (TPSA) is 61.3 Å². The lowest BCUT2D eigenvalue weighted by atomic mass is 10.2. The van der Waals surface area contributed by atoms with Crippen molar-refractivity contribution in [3.63, 3.8) is 0 Å². The summed E-state index contributed by atoms with van der Waals surface area (Å²) in [6.45, 7) is 2.72. The van der Waals surface area contributed by atoms with Crippen molar-refractivity contribution < 1.29 is 19.6 Å². The Hall–Kier alpha value is -0.690. The summed E-state index contributed by atoms with van der Waals surface area (Å²) in [5.74, 6) is 0.874. The number of aliphatic imine (C=N–C) groups is 1. The summed E-state index contributed by atoms with van der Waals surface area (Å²) in [5.41, 5.74) is 0. The van der Waals surface area contributed by atoms with Gasteiger partial charge in [-0.05, 0) is 6.92 Å². The minimum atomic E-state index is 0.00472. The Bertz CT molecular complexity index is 198. The zero-order valence-electron chi connectivity index (χ0n) is 8.65. The van der Waals surface area contributed by atoms with Crippen LogP contribution in [0, 0.1) is 0 Å². The molecule has 2 atom stereocenters. The predicted molar refractivity (Wildman–Crippen MR) is 49.7 cm³/mol. The first kappa shape index (κ1) is 11.4. The summed E-state index contributed by atoms with van der Waals surface area (Å²) in [7, 11) is 2.95. The summed E-state index contributed by atoms with van der Waals surface area (Å²) in [6.07, 6.45) is 0. The third-order valence-corrected chi connectivity index (χ3v) is 1.94. The van der Waals surface area contributed by atoms with E-state index in [0.717, 1.165) is 5.84 Å². The molecule has 0 aliphatic carbocycles. The van der Waals surface area contributed by atoms with Gasteiger partial charge < -0.3 is 5.32 Å². The largest absolute Gasteiger partial charge is 0.367 e. The van der Waals surface area contributed by atoms with Crippen LogP contribution in [-0.4, -0.2) is 45.4 Å². The number of amidine groups is 1. The molecule has 1 aliphatic heterocycles. The lowest BCUT2D eigenvalue weighted by Crippen LogP contribution is -2.40. The molecule has 0 amide bonds. The van der Waals surface area contributed by atoms with Crippen LogP contribution in [0.3, 0.4) is 0 Å². The molecule has 1 N–H and O–H groups in total. The minimum Gasteiger partial charge on any atom is -0.367 e. The summed E-state index contributed by atoms with van der Waals surface area (Å²) < 4.78 is 0. The van der Waals surface area contributed by atoms with Gasteiger partial charge in [0.1, 0.15) is 19.3 Å². The second kappa shape index (κ2) is 5.92. The number of rotatable bonds is 6. The van der Waals surface area contributed by atoms with E-state index in [-0.39, 0.29) is 12.1 Å². The van der Waals surface area contributed by atoms with E-state index in [0.29, 0.717) is 13.2 Å². The highest BCUT2D eigenvalue weighted by molar-refractivity contribution is 5.81. The zero-order chi connectivity index (χ0) is 10.4. The summed E-state index contributed by atoms with van der Waals surface area (Å²) in [5, 5.41) is 3.16. The molecule has 6 heteroatoms. The van der Waals surface area contributed by atoms with Crippen molar-refractivity contribution in [3.05, 3.63) is 0 Å². The number of hydrogen-bond acceptors (Lipinski definition) is 6. The predicted octanol–water partition coefficient (Wildman–Crippen LogP) is -0.0988. The van der Waals surface area contributed by atoms with Gasteiger partial charge in [-0.1, -0.05) is 0 Å². The van der Waals surface area contributed by atoms with Crippen LogP contribution in [0.25, 0.3) is 0 Å². The Balaban J connectivity index is 2.34. The first-order valence-corrected chi connectivity index (χ1v) is 4.40. The van der Waals surface area contributed by atoms with Crippen molar-refractivity contribution in [1.82, 2.24) is 5.32 Å². The fraction of sp³-hybridized carbons (Fsp3) is 0.875. The summed E-state index contributed by atoms with van der Waals surface area (Å²) >= 11 is 0. The third kappa shape index (κ3) is 3.22. The van der Waals surface area contributed by atoms with E-state index < -0.39 is 0 Å². The van der Waals surface area contributed by atoms with Gasteiger partial charge in [0.15, 0.2) is 0 Å². The van der Waals surface area contributed by atoms with Gasteiger partial charge in [0.25, 0.3) is 0 Å². The van der Waals surface area contributed by atoms with Crippen LogP contribution in [0.2, 0.25) is 0 Å². The molecular formula is C8H16N2O4. The Morgan fingerprint density at radius 1 is 1.21 bits per heavy atom. The Kier molecular flexibility index (Phi) is 4.81. The molecule has 0 aromatic carbocycles. The molecule has 0 spiro atoms. The van der Waals surface area contributed by atoms with Gasteiger partial charge in [-0.15, -0.1) is 0 Å². The van der Waals surface area contributed by atoms with Gasteiger partial charge in [-0.25, -0.2) is 19.6 Å². The molecule has 14 heavy (non-hydrogen) atoms. The first-order chi connectivity index (χ1) is 6.77. The van der Waals surface area contributed by atoms with Gasteiger partial charge >= 0.3 is 0 Å². The van der Waals surface area contributed by atoms with Crippen molar-refractivity contribution in [1.29, 1.82) is 0 Å². The lowest BCUT2D eigenvalue weighted by molar-refractivity contribution is -0.286. The van der Waals surface area contributed by atoms with Gasteiger partial charge in [0.05, 0.1) is 26.1 Å². The number of hydrogen-bond donors (Lipinski definition) is 1. The molecule has 0 radical (unpaired) electrons. The molecule has 1 aliphatic rings. The molecule has 1 rings (SSSR count). The van der Waals surface area contributed by atoms with Crippen LogP contribution in [0.5, 0.6) is 0 Å². The van der Waals surface area contributed by atoms with Crippen LogP contribution in [0.1, 0.15) is 6.92 Å². The molecule has 1 heterocycles. The Morgan fingerprint density at radius 2 is 1.86 bits per heavy atom. The fourth-order valence-corrected chi connectivity index (χ4v) is 1.33. The molecule has 0 aromatic rings. The Morgan fingerprint density at radius 3 is 2.50 bits per heavy atom. The first-order valence-electron chi connectivity index (χ1n) is 4.40. The molecule has 0 aromatic heterocycles. The van der Waals surface area contributed by atoms with E-state index in [1.54, 1.807) is 0 Å². The highest BCUT2D eigenvalue weighted by atomic mass is 17.2. The van der Waals surface area contributed by atoms with Crippen molar-refractivity contribution in [2.24, 2.45) is 4.99 Å². The van der Waals surface area contributed by atoms with E-state index in [9.17, 15) is 0 Å². The van der Waals surface area contributed by atoms with Crippen molar-refractivity contribution in [3.8, 4) is 0 Å². The van der Waals surface area contributed by atoms with E-state index in [1.165, 1.54) is 14.2 Å². The Labute approximate surface area is 83.0 Å². The summed E-state index contributed by atoms with van der Waals surface area (Å²) in [6, 6.07) is 0.0789. The van der Waals surface area contributed by atoms with Crippen LogP contribution in [-0.2, 0) is 19.6 Å². The summed E-state index contributed by atoms with van der Waals surface area (Å²) in [4.78, 5) is 23.1. The van der Waals surface area contributed by atoms with Crippen LogP contribution < -0.4 is 5.32 Å². The van der Waals surface area contributed by atoms with E-state index in [2.05, 4.69) is 20.1 Å². The van der Waals surface area contributed by atoms with Gasteiger partial charge in [-0.2, -0.15) is 0 Å². The van der Waals surface area contributed by atoms with Crippen LogP contribution in [0.15, 0.2) is 4.99 Å². The average Bonchev–Trinajstić information content (AvgIpc) is 2.52. The van der Waals surface area contributed by atoms with Crippen molar-refractivity contribution >= 4 is 5.84 Å². The second-order valence-electron chi connectivity index (χ2n) is 2.94. The molecule has 2 unspecified atom stereocenters. The maximum atomic E-state index is 4.84. The quantitative estimate of drug-likeness (QED) is 0.483. The zero-order valence-corrected chi connectivity index (χ0v) is 8.65.